The topological polar surface area (TPSA) is 138 Å². The summed E-state index contributed by atoms with van der Waals surface area (Å²) < 4.78 is 34.3. The van der Waals surface area contributed by atoms with Crippen LogP contribution in [0, 0.1) is 3.57 Å². The van der Waals surface area contributed by atoms with Crippen LogP contribution in [0.4, 0.5) is 5.69 Å². The van der Waals surface area contributed by atoms with Gasteiger partial charge in [0.05, 0.1) is 27.5 Å². The van der Waals surface area contributed by atoms with E-state index >= 15 is 0 Å². The first-order chi connectivity index (χ1) is 17.4. The molecule has 2 heterocycles. The van der Waals surface area contributed by atoms with Crippen LogP contribution in [0.2, 0.25) is 5.02 Å². The third-order valence-corrected chi connectivity index (χ3v) is 8.81. The summed E-state index contributed by atoms with van der Waals surface area (Å²) in [5, 5.41) is 13.2. The van der Waals surface area contributed by atoms with Gasteiger partial charge in [-0.3, -0.25) is 9.52 Å². The number of rotatable bonds is 8. The van der Waals surface area contributed by atoms with Gasteiger partial charge in [-0.1, -0.05) is 37.6 Å². The van der Waals surface area contributed by atoms with Crippen molar-refractivity contribution < 1.29 is 23.1 Å². The molecule has 0 aliphatic heterocycles. The molecule has 37 heavy (non-hydrogen) atoms. The lowest BCUT2D eigenvalue weighted by Crippen LogP contribution is -2.52. The molecule has 2 aromatic carbocycles. The van der Waals surface area contributed by atoms with Gasteiger partial charge < -0.3 is 10.4 Å². The van der Waals surface area contributed by atoms with E-state index in [4.69, 9.17) is 11.6 Å². The molecule has 0 fully saturated rings. The number of carbonyl (C=O) groups excluding carboxylic acids is 1. The molecule has 13 heteroatoms. The summed E-state index contributed by atoms with van der Waals surface area (Å²) in [7, 11) is -4.21. The molecule has 0 saturated carbocycles. The van der Waals surface area contributed by atoms with Gasteiger partial charge in [-0.2, -0.15) is 12.8 Å². The van der Waals surface area contributed by atoms with Gasteiger partial charge in [0.1, 0.15) is 6.04 Å². The first kappa shape index (κ1) is 27.2. The first-order valence-corrected chi connectivity index (χ1v) is 14.4. The molecule has 0 aliphatic rings. The van der Waals surface area contributed by atoms with Crippen LogP contribution in [0.3, 0.4) is 0 Å². The Bertz CT molecular complexity index is 1610. The van der Waals surface area contributed by atoms with Crippen molar-refractivity contribution in [1.29, 1.82) is 0 Å². The maximum atomic E-state index is 13.4. The Balaban J connectivity index is 1.68. The van der Waals surface area contributed by atoms with Crippen LogP contribution in [0.5, 0.6) is 0 Å². The predicted molar refractivity (Wildman–Crippen MR) is 151 cm³/mol. The molecule has 192 valence electrons. The van der Waals surface area contributed by atoms with Crippen LogP contribution in [-0.2, 0) is 20.2 Å². The van der Waals surface area contributed by atoms with Crippen LogP contribution in [-0.4, -0.2) is 40.8 Å². The molecule has 2 aromatic heterocycles. The molecule has 4 rings (SSSR count). The molecular weight excluding hydrogens is 651 g/mol. The van der Waals surface area contributed by atoms with E-state index in [9.17, 15) is 23.1 Å². The Labute approximate surface area is 235 Å². The van der Waals surface area contributed by atoms with Crippen molar-refractivity contribution in [3.63, 3.8) is 0 Å². The lowest BCUT2D eigenvalue weighted by molar-refractivity contribution is -0.140. The molecule has 1 atom stereocenters. The molecule has 0 aliphatic carbocycles. The van der Waals surface area contributed by atoms with Gasteiger partial charge in [-0.05, 0) is 76.1 Å². The highest BCUT2D eigenvalue weighted by Gasteiger charge is 2.38. The second-order valence-electron chi connectivity index (χ2n) is 8.62. The summed E-state index contributed by atoms with van der Waals surface area (Å²) in [6.45, 7) is 3.38. The van der Waals surface area contributed by atoms with Gasteiger partial charge in [0.2, 0.25) is 0 Å². The number of aliphatic carboxylic acids is 1. The fourth-order valence-corrected chi connectivity index (χ4v) is 6.31. The van der Waals surface area contributed by atoms with Crippen LogP contribution >= 0.6 is 45.7 Å². The standard InChI is InChI=1S/C24H20ClIN4O5S2/c1-24(2,13-3-5-14(25)6-4-13)20(23(32)33)29-21(31)16-8-7-15(26)11-18(16)30-37(34,35)22-17-12-28-36-19(17)9-10-27-22/h3-12,20,30H,1-2H3,(H,29,31)(H,32,33)/t20-/m1/s1. The maximum Gasteiger partial charge on any atom is 0.327 e. The Morgan fingerprint density at radius 2 is 1.84 bits per heavy atom. The quantitative estimate of drug-likeness (QED) is 0.227. The Hall–Kier alpha value is -2.81. The molecule has 0 unspecified atom stereocenters. The highest BCUT2D eigenvalue weighted by molar-refractivity contribution is 14.1. The first-order valence-electron chi connectivity index (χ1n) is 10.7. The molecule has 0 radical (unpaired) electrons. The number of carbonyl (C=O) groups is 2. The van der Waals surface area contributed by atoms with Crippen LogP contribution in [0.15, 0.2) is 66.0 Å². The number of pyridine rings is 1. The van der Waals surface area contributed by atoms with Crippen molar-refractivity contribution >= 4 is 83.4 Å². The van der Waals surface area contributed by atoms with Gasteiger partial charge >= 0.3 is 5.97 Å². The van der Waals surface area contributed by atoms with E-state index in [0.29, 0.717) is 24.2 Å². The highest BCUT2D eigenvalue weighted by Crippen LogP contribution is 2.30. The molecule has 3 N–H and O–H groups in total. The van der Waals surface area contributed by atoms with Crippen molar-refractivity contribution in [2.75, 3.05) is 4.72 Å². The van der Waals surface area contributed by atoms with Crippen molar-refractivity contribution in [2.24, 2.45) is 0 Å². The van der Waals surface area contributed by atoms with Crippen molar-refractivity contribution in [3.8, 4) is 0 Å². The van der Waals surface area contributed by atoms with Crippen LogP contribution in [0.1, 0.15) is 29.8 Å². The molecule has 4 aromatic rings. The van der Waals surface area contributed by atoms with Gasteiger partial charge in [0.25, 0.3) is 15.9 Å². The molecule has 0 bridgehead atoms. The number of nitrogens with zero attached hydrogens (tertiary/aromatic N) is 2. The number of hydrogen-bond donors (Lipinski definition) is 3. The van der Waals surface area contributed by atoms with E-state index in [1.54, 1.807) is 50.2 Å². The number of amides is 1. The summed E-state index contributed by atoms with van der Waals surface area (Å²) in [6.07, 6.45) is 2.79. The number of halogens is 2. The van der Waals surface area contributed by atoms with Gasteiger partial charge in [-0.25, -0.2) is 9.78 Å². The van der Waals surface area contributed by atoms with Crippen LogP contribution in [0.25, 0.3) is 10.1 Å². The number of sulfonamides is 1. The summed E-state index contributed by atoms with van der Waals surface area (Å²) in [5.41, 5.74) is -0.435. The minimum Gasteiger partial charge on any atom is -0.480 e. The van der Waals surface area contributed by atoms with E-state index in [0.717, 1.165) is 11.5 Å². The highest BCUT2D eigenvalue weighted by atomic mass is 127. The van der Waals surface area contributed by atoms with E-state index in [2.05, 4.69) is 19.4 Å². The van der Waals surface area contributed by atoms with Gasteiger partial charge in [-0.15, -0.1) is 0 Å². The second-order valence-corrected chi connectivity index (χ2v) is 12.7. The number of hydrogen-bond acceptors (Lipinski definition) is 7. The smallest absolute Gasteiger partial charge is 0.327 e. The fourth-order valence-electron chi connectivity index (χ4n) is 3.78. The monoisotopic (exact) mass is 670 g/mol. The third kappa shape index (κ3) is 5.71. The number of benzene rings is 2. The molecule has 0 saturated heterocycles. The Morgan fingerprint density at radius 3 is 2.51 bits per heavy atom. The second kappa shape index (κ2) is 10.5. The number of aromatic nitrogens is 2. The summed E-state index contributed by atoms with van der Waals surface area (Å²) in [5.74, 6) is -2.01. The SMILES string of the molecule is CC(C)(c1ccc(Cl)cc1)[C@H](NC(=O)c1ccc(I)cc1NS(=O)(=O)c1nccc2sncc12)C(=O)O. The summed E-state index contributed by atoms with van der Waals surface area (Å²) in [4.78, 5) is 29.6. The number of fused-ring (bicyclic) bond motifs is 1. The van der Waals surface area contributed by atoms with Gasteiger partial charge in [0.15, 0.2) is 5.03 Å². The molecule has 1 amide bonds. The van der Waals surface area contributed by atoms with Crippen molar-refractivity contribution in [2.45, 2.75) is 30.3 Å². The largest absolute Gasteiger partial charge is 0.480 e. The van der Waals surface area contributed by atoms with Crippen molar-refractivity contribution in [3.05, 3.63) is 80.6 Å². The number of nitrogens with one attached hydrogen (secondary N) is 2. The zero-order chi connectivity index (χ0) is 27.0. The number of carboxylic acid groups (broad SMARTS) is 1. The predicted octanol–water partition coefficient (Wildman–Crippen LogP) is 4.91. The number of anilines is 1. The minimum atomic E-state index is -4.21. The summed E-state index contributed by atoms with van der Waals surface area (Å²) >= 11 is 9.09. The van der Waals surface area contributed by atoms with E-state index < -0.39 is 33.4 Å². The Morgan fingerprint density at radius 1 is 1.14 bits per heavy atom. The molecule has 9 nitrogen and oxygen atoms in total. The molecular formula is C24H20ClIN4O5S2. The Kier molecular flexibility index (Phi) is 7.74. The number of carboxylic acids is 1. The average molecular weight is 671 g/mol. The van der Waals surface area contributed by atoms with E-state index in [1.807, 2.05) is 22.6 Å². The average Bonchev–Trinajstić information content (AvgIpc) is 3.31. The van der Waals surface area contributed by atoms with Crippen molar-refractivity contribution in [1.82, 2.24) is 14.7 Å². The fraction of sp³-hybridized carbons (Fsp3) is 0.167. The zero-order valence-electron chi connectivity index (χ0n) is 19.4. The van der Waals surface area contributed by atoms with Gasteiger partial charge in [0, 0.05) is 20.2 Å². The van der Waals surface area contributed by atoms with E-state index in [1.165, 1.54) is 24.5 Å². The summed E-state index contributed by atoms with van der Waals surface area (Å²) in [6, 6.07) is 11.5. The minimum absolute atomic E-state index is 0.0140. The van der Waals surface area contributed by atoms with E-state index in [-0.39, 0.29) is 16.3 Å². The zero-order valence-corrected chi connectivity index (χ0v) is 23.9. The maximum absolute atomic E-state index is 13.4. The lowest BCUT2D eigenvalue weighted by Gasteiger charge is -2.32. The normalized spacial score (nSPS) is 12.8. The third-order valence-electron chi connectivity index (χ3n) is 5.80. The lowest BCUT2D eigenvalue weighted by atomic mass is 9.77. The van der Waals surface area contributed by atoms with Crippen LogP contribution < -0.4 is 10.0 Å². The molecule has 0 spiro atoms.